The van der Waals surface area contributed by atoms with E-state index in [1.54, 1.807) is 4.57 Å². The molecule has 1 amide bonds. The number of nitrogens with two attached hydrogens (primary N) is 1. The second-order valence-electron chi connectivity index (χ2n) is 4.29. The number of nitrogens with one attached hydrogen (secondary N) is 1. The van der Waals surface area contributed by atoms with Gasteiger partial charge >= 0.3 is 0 Å². The molecule has 0 radical (unpaired) electrons. The number of aromatic amines is 1. The van der Waals surface area contributed by atoms with E-state index in [9.17, 15) is 9.18 Å². The van der Waals surface area contributed by atoms with Gasteiger partial charge in [-0.15, -0.1) is 0 Å². The minimum absolute atomic E-state index is 0.0598. The van der Waals surface area contributed by atoms with Gasteiger partial charge in [0.2, 0.25) is 5.91 Å². The van der Waals surface area contributed by atoms with Gasteiger partial charge < -0.3 is 15.3 Å². The average Bonchev–Trinajstić information content (AvgIpc) is 2.61. The number of halogens is 2. The summed E-state index contributed by atoms with van der Waals surface area (Å²) in [4.78, 5) is 13.6. The fourth-order valence-corrected chi connectivity index (χ4v) is 2.41. The Bertz CT molecular complexity index is 679. The van der Waals surface area contributed by atoms with Crippen LogP contribution in [0.15, 0.2) is 12.1 Å². The number of aromatic nitrogens is 2. The fraction of sp³-hybridized carbons (Fsp3) is 0.333. The molecule has 3 N–H and O–H groups in total. The second kappa shape index (κ2) is 5.71. The Morgan fingerprint density at radius 1 is 1.47 bits per heavy atom. The van der Waals surface area contributed by atoms with Crippen molar-refractivity contribution in [1.82, 2.24) is 9.55 Å². The number of rotatable bonds is 5. The molecule has 0 fully saturated rings. The molecule has 19 heavy (non-hydrogen) atoms. The molecule has 1 aromatic heterocycles. The van der Waals surface area contributed by atoms with E-state index in [4.69, 9.17) is 29.6 Å². The lowest BCUT2D eigenvalue weighted by Gasteiger charge is -2.04. The maximum absolute atomic E-state index is 13.5. The summed E-state index contributed by atoms with van der Waals surface area (Å²) >= 11 is 10.9. The van der Waals surface area contributed by atoms with Crippen LogP contribution in [-0.4, -0.2) is 15.5 Å². The lowest BCUT2D eigenvalue weighted by atomic mass is 10.2. The standard InChI is InChI=1S/C12H13ClFN3OS/c13-7-5-9-10(6-8(7)14)17(12(19)16-9)4-2-1-3-11(15)18/h5-6H,1-4H2,(H2,15,18)(H,16,19). The van der Waals surface area contributed by atoms with Gasteiger partial charge in [-0.2, -0.15) is 0 Å². The van der Waals surface area contributed by atoms with Crippen LogP contribution in [-0.2, 0) is 11.3 Å². The first kappa shape index (κ1) is 14.0. The molecule has 1 aromatic carbocycles. The van der Waals surface area contributed by atoms with Crippen LogP contribution in [0.3, 0.4) is 0 Å². The minimum Gasteiger partial charge on any atom is -0.370 e. The monoisotopic (exact) mass is 301 g/mol. The van der Waals surface area contributed by atoms with Gasteiger partial charge in [0.25, 0.3) is 0 Å². The van der Waals surface area contributed by atoms with Gasteiger partial charge in [0.15, 0.2) is 4.77 Å². The summed E-state index contributed by atoms with van der Waals surface area (Å²) in [7, 11) is 0. The Hall–Kier alpha value is -1.40. The maximum Gasteiger partial charge on any atom is 0.217 e. The summed E-state index contributed by atoms with van der Waals surface area (Å²) in [5.41, 5.74) is 6.44. The van der Waals surface area contributed by atoms with E-state index in [0.717, 1.165) is 6.42 Å². The fourth-order valence-electron chi connectivity index (χ4n) is 1.94. The number of carbonyl (C=O) groups is 1. The van der Waals surface area contributed by atoms with E-state index >= 15 is 0 Å². The number of fused-ring (bicyclic) bond motifs is 1. The number of hydrogen-bond acceptors (Lipinski definition) is 2. The molecule has 2 rings (SSSR count). The highest BCUT2D eigenvalue weighted by molar-refractivity contribution is 7.71. The van der Waals surface area contributed by atoms with E-state index < -0.39 is 5.82 Å². The van der Waals surface area contributed by atoms with E-state index in [-0.39, 0.29) is 10.9 Å². The van der Waals surface area contributed by atoms with Crippen molar-refractivity contribution in [1.29, 1.82) is 0 Å². The van der Waals surface area contributed by atoms with Crippen molar-refractivity contribution in [2.45, 2.75) is 25.8 Å². The smallest absolute Gasteiger partial charge is 0.217 e. The molecule has 7 heteroatoms. The Labute approximate surface area is 119 Å². The molecule has 0 unspecified atom stereocenters. The lowest BCUT2D eigenvalue weighted by molar-refractivity contribution is -0.118. The molecule has 1 heterocycles. The largest absolute Gasteiger partial charge is 0.370 e. The molecule has 0 atom stereocenters. The van der Waals surface area contributed by atoms with Crippen LogP contribution in [0.2, 0.25) is 5.02 Å². The van der Waals surface area contributed by atoms with Crippen molar-refractivity contribution < 1.29 is 9.18 Å². The zero-order valence-electron chi connectivity index (χ0n) is 10.1. The number of nitrogens with zero attached hydrogens (tertiary/aromatic N) is 1. The highest BCUT2D eigenvalue weighted by atomic mass is 35.5. The summed E-state index contributed by atoms with van der Waals surface area (Å²) < 4.78 is 15.8. The van der Waals surface area contributed by atoms with Crippen LogP contribution in [0.5, 0.6) is 0 Å². The van der Waals surface area contributed by atoms with E-state index in [2.05, 4.69) is 4.98 Å². The van der Waals surface area contributed by atoms with Crippen LogP contribution >= 0.6 is 23.8 Å². The third-order valence-electron chi connectivity index (χ3n) is 2.87. The van der Waals surface area contributed by atoms with Crippen molar-refractivity contribution in [3.05, 3.63) is 27.7 Å². The lowest BCUT2D eigenvalue weighted by Crippen LogP contribution is -2.10. The Kier molecular flexibility index (Phi) is 4.21. The average molecular weight is 302 g/mol. The van der Waals surface area contributed by atoms with E-state index in [1.165, 1.54) is 12.1 Å². The van der Waals surface area contributed by atoms with Gasteiger partial charge in [0.05, 0.1) is 16.1 Å². The predicted molar refractivity (Wildman–Crippen MR) is 75.1 cm³/mol. The van der Waals surface area contributed by atoms with Gasteiger partial charge in [-0.05, 0) is 31.1 Å². The molecule has 0 aliphatic heterocycles. The maximum atomic E-state index is 13.5. The third kappa shape index (κ3) is 3.13. The van der Waals surface area contributed by atoms with Crippen molar-refractivity contribution in [2.24, 2.45) is 5.73 Å². The number of imidazole rings is 1. The normalized spacial score (nSPS) is 11.1. The van der Waals surface area contributed by atoms with Crippen molar-refractivity contribution in [2.75, 3.05) is 0 Å². The van der Waals surface area contributed by atoms with Crippen LogP contribution < -0.4 is 5.73 Å². The minimum atomic E-state index is -0.478. The van der Waals surface area contributed by atoms with Crippen molar-refractivity contribution >= 4 is 40.8 Å². The number of unbranched alkanes of at least 4 members (excludes halogenated alkanes) is 1. The van der Waals surface area contributed by atoms with Gasteiger partial charge in [-0.25, -0.2) is 4.39 Å². The number of carbonyl (C=O) groups excluding carboxylic acids is 1. The number of primary amides is 1. The van der Waals surface area contributed by atoms with Gasteiger partial charge in [0.1, 0.15) is 5.82 Å². The predicted octanol–water partition coefficient (Wildman–Crippen LogP) is 3.15. The summed E-state index contributed by atoms with van der Waals surface area (Å²) in [6, 6.07) is 2.87. The Balaban J connectivity index is 2.23. The van der Waals surface area contributed by atoms with Crippen molar-refractivity contribution in [3.63, 3.8) is 0 Å². The molecule has 2 aromatic rings. The molecule has 0 aliphatic carbocycles. The van der Waals surface area contributed by atoms with Gasteiger partial charge in [0, 0.05) is 19.0 Å². The first-order valence-electron chi connectivity index (χ1n) is 5.85. The molecular formula is C12H13ClFN3OS. The number of benzene rings is 1. The van der Waals surface area contributed by atoms with Crippen LogP contribution in [0.4, 0.5) is 4.39 Å². The van der Waals surface area contributed by atoms with Gasteiger partial charge in [-0.3, -0.25) is 4.79 Å². The molecule has 102 valence electrons. The number of amides is 1. The van der Waals surface area contributed by atoms with Crippen LogP contribution in [0.25, 0.3) is 11.0 Å². The molecular weight excluding hydrogens is 289 g/mol. The van der Waals surface area contributed by atoms with Crippen LogP contribution in [0.1, 0.15) is 19.3 Å². The second-order valence-corrected chi connectivity index (χ2v) is 5.08. The quantitative estimate of drug-likeness (QED) is 0.658. The van der Waals surface area contributed by atoms with E-state index in [0.29, 0.717) is 35.2 Å². The molecule has 0 saturated heterocycles. The molecule has 0 spiro atoms. The highest BCUT2D eigenvalue weighted by Crippen LogP contribution is 2.23. The summed E-state index contributed by atoms with van der Waals surface area (Å²) in [6.45, 7) is 0.604. The van der Waals surface area contributed by atoms with Gasteiger partial charge in [-0.1, -0.05) is 11.6 Å². The third-order valence-corrected chi connectivity index (χ3v) is 3.48. The van der Waals surface area contributed by atoms with Crippen molar-refractivity contribution in [3.8, 4) is 0 Å². The number of aryl methyl sites for hydroxylation is 1. The topological polar surface area (TPSA) is 63.8 Å². The number of hydrogen-bond donors (Lipinski definition) is 2. The zero-order valence-corrected chi connectivity index (χ0v) is 11.7. The first-order chi connectivity index (χ1) is 8.99. The molecule has 0 saturated carbocycles. The summed E-state index contributed by atoms with van der Waals surface area (Å²) in [5.74, 6) is -0.797. The molecule has 0 bridgehead atoms. The zero-order chi connectivity index (χ0) is 14.0. The molecule has 4 nitrogen and oxygen atoms in total. The Morgan fingerprint density at radius 2 is 2.21 bits per heavy atom. The first-order valence-corrected chi connectivity index (χ1v) is 6.63. The summed E-state index contributed by atoms with van der Waals surface area (Å²) in [6.07, 6.45) is 1.77. The molecule has 0 aliphatic rings. The highest BCUT2D eigenvalue weighted by Gasteiger charge is 2.09. The van der Waals surface area contributed by atoms with E-state index in [1.807, 2.05) is 0 Å². The number of H-pyrrole nitrogens is 1. The Morgan fingerprint density at radius 3 is 2.89 bits per heavy atom. The summed E-state index contributed by atoms with van der Waals surface area (Å²) in [5, 5.41) is 0.0598. The SMILES string of the molecule is NC(=O)CCCCn1c(=S)[nH]c2cc(Cl)c(F)cc21. The van der Waals surface area contributed by atoms with Crippen LogP contribution in [0, 0.1) is 10.6 Å².